The molecule has 0 radical (unpaired) electrons. The van der Waals surface area contributed by atoms with Gasteiger partial charge >= 0.3 is 5.97 Å². The molecule has 12 heavy (non-hydrogen) atoms. The number of Topliss-reactive ketones (excluding diaryl/α,β-unsaturated/α-hetero) is 1. The Bertz CT molecular complexity index is 198. The molecule has 0 amide bonds. The molecule has 3 nitrogen and oxygen atoms in total. The first-order valence-electron chi connectivity index (χ1n) is 4.33. The van der Waals surface area contributed by atoms with Crippen LogP contribution >= 0.6 is 0 Å². The van der Waals surface area contributed by atoms with E-state index in [-0.39, 0.29) is 17.6 Å². The minimum absolute atomic E-state index is 0.0972. The second-order valence-corrected chi connectivity index (χ2v) is 3.54. The first kappa shape index (κ1) is 9.23. The highest BCUT2D eigenvalue weighted by Crippen LogP contribution is 2.34. The number of carbonyl (C=O) groups is 2. The Hall–Kier alpha value is -0.860. The summed E-state index contributed by atoms with van der Waals surface area (Å²) < 4.78 is 0. The van der Waals surface area contributed by atoms with Crippen LogP contribution in [0, 0.1) is 11.8 Å². The lowest BCUT2D eigenvalue weighted by Crippen LogP contribution is -2.19. The molecule has 0 heterocycles. The number of aliphatic carboxylic acids is 1. The van der Waals surface area contributed by atoms with Gasteiger partial charge in [0, 0.05) is 6.42 Å². The average molecular weight is 170 g/mol. The molecule has 1 aliphatic rings. The first-order chi connectivity index (χ1) is 5.61. The molecule has 0 aromatic heterocycles. The van der Waals surface area contributed by atoms with E-state index in [1.807, 2.05) is 0 Å². The molecule has 3 heteroatoms. The van der Waals surface area contributed by atoms with E-state index in [0.717, 1.165) is 19.3 Å². The van der Waals surface area contributed by atoms with Crippen molar-refractivity contribution in [2.24, 2.45) is 11.8 Å². The third kappa shape index (κ3) is 2.06. The third-order valence-electron chi connectivity index (χ3n) is 2.53. The summed E-state index contributed by atoms with van der Waals surface area (Å²) in [6.07, 6.45) is 3.04. The molecule has 2 atom stereocenters. The van der Waals surface area contributed by atoms with E-state index in [9.17, 15) is 9.59 Å². The van der Waals surface area contributed by atoms with Crippen molar-refractivity contribution in [3.8, 4) is 0 Å². The second-order valence-electron chi connectivity index (χ2n) is 3.54. The summed E-state index contributed by atoms with van der Waals surface area (Å²) in [6.45, 7) is 1.53. The Morgan fingerprint density at radius 1 is 1.42 bits per heavy atom. The van der Waals surface area contributed by atoms with Crippen molar-refractivity contribution in [1.29, 1.82) is 0 Å². The van der Waals surface area contributed by atoms with Crippen LogP contribution < -0.4 is 0 Å². The Morgan fingerprint density at radius 2 is 2.08 bits per heavy atom. The van der Waals surface area contributed by atoms with Crippen LogP contribution in [-0.4, -0.2) is 16.9 Å². The van der Waals surface area contributed by atoms with E-state index in [1.54, 1.807) is 0 Å². The topological polar surface area (TPSA) is 54.4 Å². The molecule has 1 rings (SSSR count). The van der Waals surface area contributed by atoms with E-state index in [1.165, 1.54) is 6.92 Å². The number of carboxylic acid groups (broad SMARTS) is 1. The van der Waals surface area contributed by atoms with Crippen LogP contribution in [0.3, 0.4) is 0 Å². The van der Waals surface area contributed by atoms with Crippen molar-refractivity contribution in [1.82, 2.24) is 0 Å². The summed E-state index contributed by atoms with van der Waals surface area (Å²) in [5.74, 6) is -0.805. The van der Waals surface area contributed by atoms with Gasteiger partial charge in [-0.05, 0) is 25.7 Å². The van der Waals surface area contributed by atoms with Gasteiger partial charge in [0.05, 0.1) is 5.92 Å². The average Bonchev–Trinajstić information content (AvgIpc) is 2.33. The van der Waals surface area contributed by atoms with E-state index in [4.69, 9.17) is 5.11 Å². The van der Waals surface area contributed by atoms with Gasteiger partial charge in [0.15, 0.2) is 0 Å². The van der Waals surface area contributed by atoms with Crippen LogP contribution in [0.25, 0.3) is 0 Å². The zero-order valence-corrected chi connectivity index (χ0v) is 7.25. The number of hydrogen-bond donors (Lipinski definition) is 1. The Morgan fingerprint density at radius 3 is 2.58 bits per heavy atom. The second kappa shape index (κ2) is 3.70. The van der Waals surface area contributed by atoms with Crippen molar-refractivity contribution < 1.29 is 14.7 Å². The molecule has 0 aromatic rings. The Labute approximate surface area is 71.8 Å². The van der Waals surface area contributed by atoms with Crippen LogP contribution in [0.2, 0.25) is 0 Å². The van der Waals surface area contributed by atoms with E-state index in [0.29, 0.717) is 6.42 Å². The summed E-state index contributed by atoms with van der Waals surface area (Å²) in [4.78, 5) is 21.5. The van der Waals surface area contributed by atoms with Gasteiger partial charge in [0.2, 0.25) is 0 Å². The highest BCUT2D eigenvalue weighted by atomic mass is 16.4. The third-order valence-corrected chi connectivity index (χ3v) is 2.53. The van der Waals surface area contributed by atoms with Gasteiger partial charge in [-0.25, -0.2) is 0 Å². The largest absolute Gasteiger partial charge is 0.481 e. The summed E-state index contributed by atoms with van der Waals surface area (Å²) in [6, 6.07) is 0. The van der Waals surface area contributed by atoms with Crippen molar-refractivity contribution in [2.45, 2.75) is 32.6 Å². The number of ketones is 1. The molecular weight excluding hydrogens is 156 g/mol. The molecule has 2 unspecified atom stereocenters. The molecule has 1 fully saturated rings. The van der Waals surface area contributed by atoms with Gasteiger partial charge < -0.3 is 9.90 Å². The summed E-state index contributed by atoms with van der Waals surface area (Å²) >= 11 is 0. The van der Waals surface area contributed by atoms with Crippen LogP contribution in [0.4, 0.5) is 0 Å². The predicted octanol–water partition coefficient (Wildman–Crippen LogP) is 1.47. The first-order valence-corrected chi connectivity index (χ1v) is 4.33. The van der Waals surface area contributed by atoms with Crippen LogP contribution in [-0.2, 0) is 9.59 Å². The van der Waals surface area contributed by atoms with E-state index in [2.05, 4.69) is 0 Å². The fourth-order valence-corrected chi connectivity index (χ4v) is 1.98. The van der Waals surface area contributed by atoms with Gasteiger partial charge in [0.25, 0.3) is 0 Å². The summed E-state index contributed by atoms with van der Waals surface area (Å²) in [5, 5.41) is 8.79. The highest BCUT2D eigenvalue weighted by Gasteiger charge is 2.33. The zero-order chi connectivity index (χ0) is 9.14. The molecule has 68 valence electrons. The lowest BCUT2D eigenvalue weighted by molar-refractivity contribution is -0.143. The van der Waals surface area contributed by atoms with Gasteiger partial charge in [-0.1, -0.05) is 6.42 Å². The van der Waals surface area contributed by atoms with E-state index < -0.39 is 5.97 Å². The minimum atomic E-state index is -0.737. The van der Waals surface area contributed by atoms with Crippen LogP contribution in [0.1, 0.15) is 32.6 Å². The zero-order valence-electron chi connectivity index (χ0n) is 7.25. The smallest absolute Gasteiger partial charge is 0.306 e. The summed E-state index contributed by atoms with van der Waals surface area (Å²) in [7, 11) is 0. The molecule has 1 N–H and O–H groups in total. The van der Waals surface area contributed by atoms with Gasteiger partial charge in [-0.15, -0.1) is 0 Å². The maximum Gasteiger partial charge on any atom is 0.306 e. The monoisotopic (exact) mass is 170 g/mol. The molecule has 0 spiro atoms. The molecule has 0 aromatic carbocycles. The van der Waals surface area contributed by atoms with Crippen molar-refractivity contribution >= 4 is 11.8 Å². The Balaban J connectivity index is 2.52. The standard InChI is InChI=1S/C9H14O3/c1-6(10)5-7-3-2-4-8(7)9(11)12/h7-8H,2-5H2,1H3,(H,11,12). The highest BCUT2D eigenvalue weighted by molar-refractivity contribution is 5.77. The number of carbonyl (C=O) groups excluding carboxylic acids is 1. The molecule has 0 saturated heterocycles. The van der Waals surface area contributed by atoms with Crippen molar-refractivity contribution in [3.05, 3.63) is 0 Å². The Kier molecular flexibility index (Phi) is 2.84. The van der Waals surface area contributed by atoms with Crippen molar-refractivity contribution in [3.63, 3.8) is 0 Å². The fraction of sp³-hybridized carbons (Fsp3) is 0.778. The number of rotatable bonds is 3. The molecule has 0 aliphatic heterocycles. The summed E-state index contributed by atoms with van der Waals surface area (Å²) in [5.41, 5.74) is 0. The number of hydrogen-bond acceptors (Lipinski definition) is 2. The van der Waals surface area contributed by atoms with Crippen LogP contribution in [0.15, 0.2) is 0 Å². The lowest BCUT2D eigenvalue weighted by atomic mass is 9.92. The maximum absolute atomic E-state index is 10.8. The predicted molar refractivity (Wildman–Crippen MR) is 43.8 cm³/mol. The van der Waals surface area contributed by atoms with E-state index >= 15 is 0 Å². The molecule has 0 bridgehead atoms. The fourth-order valence-electron chi connectivity index (χ4n) is 1.98. The van der Waals surface area contributed by atoms with Gasteiger partial charge in [0.1, 0.15) is 5.78 Å². The lowest BCUT2D eigenvalue weighted by Gasteiger charge is -2.12. The molecular formula is C9H14O3. The minimum Gasteiger partial charge on any atom is -0.481 e. The molecule has 1 aliphatic carbocycles. The normalized spacial score (nSPS) is 28.8. The van der Waals surface area contributed by atoms with Gasteiger partial charge in [-0.3, -0.25) is 4.79 Å². The quantitative estimate of drug-likeness (QED) is 0.697. The SMILES string of the molecule is CC(=O)CC1CCCC1C(=O)O. The maximum atomic E-state index is 10.8. The van der Waals surface area contributed by atoms with Crippen molar-refractivity contribution in [2.75, 3.05) is 0 Å². The molecule has 1 saturated carbocycles. The van der Waals surface area contributed by atoms with Gasteiger partial charge in [-0.2, -0.15) is 0 Å². The number of carboxylic acids is 1. The van der Waals surface area contributed by atoms with Crippen LogP contribution in [0.5, 0.6) is 0 Å².